The number of carbonyl (C=O) groups is 1. The molecule has 2 amide bonds. The van der Waals surface area contributed by atoms with Crippen LogP contribution >= 0.6 is 11.8 Å². The fourth-order valence-electron chi connectivity index (χ4n) is 2.78. The van der Waals surface area contributed by atoms with E-state index >= 15 is 0 Å². The van der Waals surface area contributed by atoms with Gasteiger partial charge in [-0.25, -0.2) is 4.79 Å². The van der Waals surface area contributed by atoms with Crippen molar-refractivity contribution < 1.29 is 19.4 Å². The van der Waals surface area contributed by atoms with Crippen LogP contribution in [0.2, 0.25) is 0 Å². The second-order valence-corrected chi connectivity index (χ2v) is 8.11. The summed E-state index contributed by atoms with van der Waals surface area (Å²) in [5.74, 6) is 0. The maximum Gasteiger partial charge on any atom is 0.325 e. The van der Waals surface area contributed by atoms with E-state index in [1.807, 2.05) is 27.7 Å². The first-order chi connectivity index (χ1) is 11.2. The van der Waals surface area contributed by atoms with Crippen LogP contribution in [-0.2, 0) is 9.47 Å². The fraction of sp³-hybridized carbons (Fsp3) is 0.706. The Bertz CT molecular complexity index is 521. The van der Waals surface area contributed by atoms with Gasteiger partial charge in [-0.1, -0.05) is 6.58 Å². The Morgan fingerprint density at radius 1 is 1.38 bits per heavy atom. The van der Waals surface area contributed by atoms with Crippen LogP contribution in [-0.4, -0.2) is 64.6 Å². The summed E-state index contributed by atoms with van der Waals surface area (Å²) in [5, 5.41) is 13.4. The van der Waals surface area contributed by atoms with Crippen LogP contribution in [0.25, 0.3) is 0 Å². The largest absolute Gasteiger partial charge is 0.389 e. The SMILES string of the molecule is C=C1NC(=O)N(C)C=C1[C@@H]1S[C@H](COC(C)C)C(OC(C)C)[C@@H]1O. The molecule has 1 unspecified atom stereocenters. The molecule has 0 spiro atoms. The first-order valence-electron chi connectivity index (χ1n) is 8.26. The van der Waals surface area contributed by atoms with Crippen molar-refractivity contribution >= 4 is 17.8 Å². The summed E-state index contributed by atoms with van der Waals surface area (Å²) in [7, 11) is 1.68. The van der Waals surface area contributed by atoms with Crippen molar-refractivity contribution in [3.63, 3.8) is 0 Å². The lowest BCUT2D eigenvalue weighted by Gasteiger charge is -2.29. The monoisotopic (exact) mass is 356 g/mol. The highest BCUT2D eigenvalue weighted by atomic mass is 32.2. The number of aliphatic hydroxyl groups excluding tert-OH is 1. The van der Waals surface area contributed by atoms with Crippen molar-refractivity contribution in [1.29, 1.82) is 0 Å². The zero-order valence-corrected chi connectivity index (χ0v) is 15.8. The smallest absolute Gasteiger partial charge is 0.325 e. The van der Waals surface area contributed by atoms with Gasteiger partial charge in [0.1, 0.15) is 0 Å². The molecular weight excluding hydrogens is 328 g/mol. The van der Waals surface area contributed by atoms with E-state index in [4.69, 9.17) is 9.47 Å². The van der Waals surface area contributed by atoms with Gasteiger partial charge in [-0.2, -0.15) is 0 Å². The number of nitrogens with zero attached hydrogens (tertiary/aromatic N) is 1. The fourth-order valence-corrected chi connectivity index (χ4v) is 4.36. The summed E-state index contributed by atoms with van der Waals surface area (Å²) in [6.07, 6.45) is 0.854. The third kappa shape index (κ3) is 4.33. The Hall–Kier alpha value is -1.02. The van der Waals surface area contributed by atoms with Crippen LogP contribution in [0, 0.1) is 0 Å². The summed E-state index contributed by atoms with van der Waals surface area (Å²) in [6, 6.07) is -0.226. The van der Waals surface area contributed by atoms with Crippen molar-refractivity contribution in [2.24, 2.45) is 0 Å². The van der Waals surface area contributed by atoms with Gasteiger partial charge in [-0.15, -0.1) is 11.8 Å². The topological polar surface area (TPSA) is 71.0 Å². The first-order valence-corrected chi connectivity index (χ1v) is 9.20. The van der Waals surface area contributed by atoms with Crippen molar-refractivity contribution in [1.82, 2.24) is 10.2 Å². The van der Waals surface area contributed by atoms with Crippen LogP contribution in [0.1, 0.15) is 27.7 Å². The van der Waals surface area contributed by atoms with Gasteiger partial charge in [0, 0.05) is 24.5 Å². The minimum Gasteiger partial charge on any atom is -0.389 e. The molecule has 0 aliphatic carbocycles. The molecule has 1 fully saturated rings. The zero-order valence-electron chi connectivity index (χ0n) is 15.0. The number of carbonyl (C=O) groups excluding carboxylic acids is 1. The molecule has 0 radical (unpaired) electrons. The van der Waals surface area contributed by atoms with E-state index in [0.717, 1.165) is 5.57 Å². The minimum absolute atomic E-state index is 0.0106. The molecule has 0 aromatic heterocycles. The van der Waals surface area contributed by atoms with Crippen LogP contribution in [0.4, 0.5) is 4.79 Å². The van der Waals surface area contributed by atoms with E-state index in [-0.39, 0.29) is 34.8 Å². The van der Waals surface area contributed by atoms with Crippen LogP contribution in [0.3, 0.4) is 0 Å². The van der Waals surface area contributed by atoms with Crippen LogP contribution < -0.4 is 5.32 Å². The Labute approximate surface area is 148 Å². The number of urea groups is 1. The average Bonchev–Trinajstić information content (AvgIpc) is 2.77. The number of hydrogen-bond donors (Lipinski definition) is 2. The lowest BCUT2D eigenvalue weighted by atomic mass is 9.99. The number of rotatable bonds is 6. The van der Waals surface area contributed by atoms with E-state index in [2.05, 4.69) is 11.9 Å². The van der Waals surface area contributed by atoms with Crippen molar-refractivity contribution in [3.8, 4) is 0 Å². The second-order valence-electron chi connectivity index (χ2n) is 6.72. The summed E-state index contributed by atoms with van der Waals surface area (Å²) >= 11 is 1.62. The molecule has 7 heteroatoms. The van der Waals surface area contributed by atoms with E-state index in [1.165, 1.54) is 4.90 Å². The molecule has 136 valence electrons. The Morgan fingerprint density at radius 3 is 2.62 bits per heavy atom. The first kappa shape index (κ1) is 19.3. The molecule has 2 aliphatic heterocycles. The molecule has 0 aromatic rings. The number of hydrogen-bond acceptors (Lipinski definition) is 5. The lowest BCUT2D eigenvalue weighted by molar-refractivity contribution is -0.0675. The van der Waals surface area contributed by atoms with E-state index in [1.54, 1.807) is 25.0 Å². The molecule has 2 N–H and O–H groups in total. The molecule has 6 nitrogen and oxygen atoms in total. The Kier molecular flexibility index (Phi) is 6.36. The number of aliphatic hydroxyl groups is 1. The maximum atomic E-state index is 11.7. The standard InChI is InChI=1S/C17H28N2O4S/c1-9(2)22-8-13-15(23-10(3)4)14(20)16(24-13)12-7-19(6)17(21)18-11(12)5/h7,9-10,13-16,20H,5,8H2,1-4,6H3,(H,18,21)/t13-,14+,15?,16+/m1/s1. The third-order valence-corrected chi connectivity index (χ3v) is 5.50. The molecule has 0 bridgehead atoms. The lowest BCUT2D eigenvalue weighted by Crippen LogP contribution is -2.43. The summed E-state index contributed by atoms with van der Waals surface area (Å²) < 4.78 is 11.7. The predicted octanol–water partition coefficient (Wildman–Crippen LogP) is 2.10. The molecular formula is C17H28N2O4S. The second kappa shape index (κ2) is 7.91. The number of nitrogens with one attached hydrogen (secondary N) is 1. The van der Waals surface area contributed by atoms with E-state index in [0.29, 0.717) is 12.3 Å². The van der Waals surface area contributed by atoms with Crippen molar-refractivity contribution in [3.05, 3.63) is 24.0 Å². The molecule has 2 heterocycles. The third-order valence-electron chi connectivity index (χ3n) is 3.92. The molecule has 4 atom stereocenters. The Morgan fingerprint density at radius 2 is 2.04 bits per heavy atom. The normalized spacial score (nSPS) is 31.0. The number of thioether (sulfide) groups is 1. The van der Waals surface area contributed by atoms with Gasteiger partial charge in [0.25, 0.3) is 0 Å². The van der Waals surface area contributed by atoms with Crippen molar-refractivity contribution in [2.45, 2.75) is 62.6 Å². The zero-order chi connectivity index (χ0) is 18.0. The molecule has 24 heavy (non-hydrogen) atoms. The molecule has 0 saturated carbocycles. The molecule has 1 saturated heterocycles. The number of allylic oxidation sites excluding steroid dienone is 1. The predicted molar refractivity (Wildman–Crippen MR) is 95.8 cm³/mol. The summed E-state index contributed by atoms with van der Waals surface area (Å²) in [4.78, 5) is 13.2. The highest BCUT2D eigenvalue weighted by Crippen LogP contribution is 2.42. The average molecular weight is 356 g/mol. The molecule has 2 rings (SSSR count). The quantitative estimate of drug-likeness (QED) is 0.763. The number of ether oxygens (including phenoxy) is 2. The van der Waals surface area contributed by atoms with Gasteiger partial charge in [0.05, 0.1) is 41.5 Å². The van der Waals surface area contributed by atoms with E-state index in [9.17, 15) is 9.90 Å². The minimum atomic E-state index is -0.690. The van der Waals surface area contributed by atoms with Gasteiger partial charge in [-0.05, 0) is 27.7 Å². The summed E-state index contributed by atoms with van der Waals surface area (Å²) in [5.41, 5.74) is 1.35. The summed E-state index contributed by atoms with van der Waals surface area (Å²) in [6.45, 7) is 12.3. The highest BCUT2D eigenvalue weighted by Gasteiger charge is 2.47. The molecule has 2 aliphatic rings. The van der Waals surface area contributed by atoms with Gasteiger partial charge < -0.3 is 24.8 Å². The van der Waals surface area contributed by atoms with Crippen molar-refractivity contribution in [2.75, 3.05) is 13.7 Å². The van der Waals surface area contributed by atoms with Gasteiger partial charge in [-0.3, -0.25) is 0 Å². The van der Waals surface area contributed by atoms with Crippen LogP contribution in [0.15, 0.2) is 24.0 Å². The maximum absolute atomic E-state index is 11.7. The van der Waals surface area contributed by atoms with Crippen LogP contribution in [0.5, 0.6) is 0 Å². The highest BCUT2D eigenvalue weighted by molar-refractivity contribution is 8.01. The van der Waals surface area contributed by atoms with Gasteiger partial charge >= 0.3 is 6.03 Å². The molecule has 0 aromatic carbocycles. The van der Waals surface area contributed by atoms with E-state index < -0.39 is 6.10 Å². The number of amides is 2. The Balaban J connectivity index is 2.20. The van der Waals surface area contributed by atoms with Gasteiger partial charge in [0.15, 0.2) is 0 Å². The van der Waals surface area contributed by atoms with Gasteiger partial charge in [0.2, 0.25) is 0 Å².